The summed E-state index contributed by atoms with van der Waals surface area (Å²) in [5.74, 6) is -1.81. The number of thiophene rings is 1. The fourth-order valence-corrected chi connectivity index (χ4v) is 3.86. The molecule has 3 aromatic rings. The normalized spacial score (nSPS) is 12.3. The Morgan fingerprint density at radius 1 is 1.29 bits per heavy atom. The third kappa shape index (κ3) is 2.64. The van der Waals surface area contributed by atoms with Gasteiger partial charge in [-0.1, -0.05) is 22.9 Å². The molecule has 0 bridgehead atoms. The van der Waals surface area contributed by atoms with E-state index in [9.17, 15) is 13.6 Å². The predicted molar refractivity (Wildman–Crippen MR) is 79.9 cm³/mol. The SMILES string of the molecule is Cn1c(=NC(=O)c2ccc(Cl)s2)sc2cc(F)cc(F)c21. The summed E-state index contributed by atoms with van der Waals surface area (Å²) in [6.45, 7) is 0. The zero-order valence-corrected chi connectivity index (χ0v) is 13.0. The second kappa shape index (κ2) is 5.32. The molecule has 1 aromatic carbocycles. The molecule has 2 aromatic heterocycles. The minimum Gasteiger partial charge on any atom is -0.317 e. The minimum atomic E-state index is -0.684. The molecule has 0 fully saturated rings. The van der Waals surface area contributed by atoms with E-state index in [1.165, 1.54) is 10.6 Å². The number of hydrogen-bond donors (Lipinski definition) is 0. The first-order valence-corrected chi connectivity index (χ1v) is 7.76. The largest absolute Gasteiger partial charge is 0.317 e. The van der Waals surface area contributed by atoms with Crippen LogP contribution in [0.5, 0.6) is 0 Å². The summed E-state index contributed by atoms with van der Waals surface area (Å²) in [7, 11) is 1.58. The molecular weight excluding hydrogens is 338 g/mol. The lowest BCUT2D eigenvalue weighted by Gasteiger charge is -1.97. The number of benzene rings is 1. The van der Waals surface area contributed by atoms with Gasteiger partial charge in [0.1, 0.15) is 5.82 Å². The van der Waals surface area contributed by atoms with Crippen LogP contribution in [0, 0.1) is 11.6 Å². The van der Waals surface area contributed by atoms with Gasteiger partial charge < -0.3 is 4.57 Å². The number of aromatic nitrogens is 1. The van der Waals surface area contributed by atoms with Gasteiger partial charge in [-0.25, -0.2) is 8.78 Å². The maximum atomic E-state index is 13.8. The van der Waals surface area contributed by atoms with Crippen LogP contribution in [0.2, 0.25) is 4.34 Å². The highest BCUT2D eigenvalue weighted by molar-refractivity contribution is 7.18. The van der Waals surface area contributed by atoms with E-state index in [2.05, 4.69) is 4.99 Å². The van der Waals surface area contributed by atoms with Crippen molar-refractivity contribution in [3.63, 3.8) is 0 Å². The first kappa shape index (κ1) is 14.4. The zero-order chi connectivity index (χ0) is 15.1. The average Bonchev–Trinajstić information content (AvgIpc) is 2.94. The van der Waals surface area contributed by atoms with Crippen LogP contribution in [-0.4, -0.2) is 10.5 Å². The van der Waals surface area contributed by atoms with Crippen LogP contribution in [0.15, 0.2) is 29.3 Å². The summed E-state index contributed by atoms with van der Waals surface area (Å²) in [5, 5.41) is 0. The molecule has 0 aliphatic carbocycles. The zero-order valence-electron chi connectivity index (χ0n) is 10.6. The van der Waals surface area contributed by atoms with Crippen molar-refractivity contribution in [2.45, 2.75) is 0 Å². The van der Waals surface area contributed by atoms with Crippen molar-refractivity contribution in [3.8, 4) is 0 Å². The number of fused-ring (bicyclic) bond motifs is 1. The highest BCUT2D eigenvalue weighted by Crippen LogP contribution is 2.23. The van der Waals surface area contributed by atoms with Crippen molar-refractivity contribution in [1.82, 2.24) is 4.57 Å². The highest BCUT2D eigenvalue weighted by Gasteiger charge is 2.12. The molecule has 8 heteroatoms. The topological polar surface area (TPSA) is 34.4 Å². The molecule has 21 heavy (non-hydrogen) atoms. The van der Waals surface area contributed by atoms with Crippen molar-refractivity contribution in [2.75, 3.05) is 0 Å². The van der Waals surface area contributed by atoms with Crippen molar-refractivity contribution in [3.05, 3.63) is 49.9 Å². The number of amides is 1. The fraction of sp³-hybridized carbons (Fsp3) is 0.0769. The Balaban J connectivity index is 2.16. The van der Waals surface area contributed by atoms with Gasteiger partial charge >= 0.3 is 0 Å². The second-order valence-electron chi connectivity index (χ2n) is 4.20. The summed E-state index contributed by atoms with van der Waals surface area (Å²) >= 11 is 7.94. The van der Waals surface area contributed by atoms with Crippen LogP contribution < -0.4 is 4.80 Å². The third-order valence-corrected chi connectivity index (χ3v) is 5.10. The number of halogens is 3. The fourth-order valence-electron chi connectivity index (χ4n) is 1.88. The van der Waals surface area contributed by atoms with E-state index in [-0.39, 0.29) is 5.52 Å². The molecule has 0 N–H and O–H groups in total. The Morgan fingerprint density at radius 2 is 2.05 bits per heavy atom. The second-order valence-corrected chi connectivity index (χ2v) is 6.92. The minimum absolute atomic E-state index is 0.220. The molecule has 3 rings (SSSR count). The standard InChI is InChI=1S/C13H7ClF2N2OS2/c1-18-11-7(16)4-6(15)5-9(11)21-13(18)17-12(19)8-2-3-10(14)20-8/h2-5H,1H3. The smallest absolute Gasteiger partial charge is 0.289 e. The Hall–Kier alpha value is -1.57. The highest BCUT2D eigenvalue weighted by atomic mass is 35.5. The predicted octanol–water partition coefficient (Wildman–Crippen LogP) is 3.97. The number of thiazole rings is 1. The lowest BCUT2D eigenvalue weighted by Crippen LogP contribution is -2.13. The van der Waals surface area contributed by atoms with Gasteiger partial charge in [-0.2, -0.15) is 4.99 Å². The molecule has 2 heterocycles. The van der Waals surface area contributed by atoms with Crippen molar-refractivity contribution in [2.24, 2.45) is 12.0 Å². The molecule has 108 valence electrons. The molecule has 0 saturated heterocycles. The van der Waals surface area contributed by atoms with Gasteiger partial charge in [-0.05, 0) is 18.2 Å². The van der Waals surface area contributed by atoms with Crippen LogP contribution in [-0.2, 0) is 7.05 Å². The summed E-state index contributed by atoms with van der Waals surface area (Å²) in [4.78, 5) is 16.7. The van der Waals surface area contributed by atoms with Crippen LogP contribution in [0.1, 0.15) is 9.67 Å². The Labute approximate surface area is 130 Å². The number of carbonyl (C=O) groups is 1. The van der Waals surface area contributed by atoms with Gasteiger partial charge in [0.25, 0.3) is 5.91 Å². The molecule has 0 aliphatic heterocycles. The molecule has 0 aliphatic rings. The molecule has 0 atom stereocenters. The van der Waals surface area contributed by atoms with E-state index in [0.717, 1.165) is 28.7 Å². The maximum absolute atomic E-state index is 13.8. The van der Waals surface area contributed by atoms with Crippen molar-refractivity contribution < 1.29 is 13.6 Å². The van der Waals surface area contributed by atoms with Gasteiger partial charge in [0, 0.05) is 13.1 Å². The Bertz CT molecular complexity index is 926. The molecule has 1 amide bonds. The van der Waals surface area contributed by atoms with E-state index in [4.69, 9.17) is 11.6 Å². The van der Waals surface area contributed by atoms with Gasteiger partial charge in [-0.15, -0.1) is 11.3 Å². The number of hydrogen-bond acceptors (Lipinski definition) is 3. The molecule has 0 saturated carbocycles. The monoisotopic (exact) mass is 344 g/mol. The quantitative estimate of drug-likeness (QED) is 0.657. The van der Waals surface area contributed by atoms with Gasteiger partial charge in [0.15, 0.2) is 10.6 Å². The summed E-state index contributed by atoms with van der Waals surface area (Å²) in [6, 6.07) is 5.20. The van der Waals surface area contributed by atoms with E-state index >= 15 is 0 Å². The van der Waals surface area contributed by atoms with Gasteiger partial charge in [-0.3, -0.25) is 4.79 Å². The Morgan fingerprint density at radius 3 is 2.71 bits per heavy atom. The summed E-state index contributed by atoms with van der Waals surface area (Å²) < 4.78 is 29.3. The molecule has 0 unspecified atom stereocenters. The first-order valence-electron chi connectivity index (χ1n) is 5.74. The average molecular weight is 345 g/mol. The van der Waals surface area contributed by atoms with Gasteiger partial charge in [0.05, 0.1) is 19.4 Å². The first-order chi connectivity index (χ1) is 9.95. The number of rotatable bonds is 1. The van der Waals surface area contributed by atoms with Crippen LogP contribution in [0.4, 0.5) is 8.78 Å². The molecule has 0 radical (unpaired) electrons. The van der Waals surface area contributed by atoms with Crippen LogP contribution >= 0.6 is 34.3 Å². The van der Waals surface area contributed by atoms with E-state index in [1.807, 2.05) is 0 Å². The number of aryl methyl sites for hydroxylation is 1. The van der Waals surface area contributed by atoms with E-state index in [1.54, 1.807) is 19.2 Å². The van der Waals surface area contributed by atoms with E-state index in [0.29, 0.717) is 18.7 Å². The van der Waals surface area contributed by atoms with E-state index < -0.39 is 17.5 Å². The van der Waals surface area contributed by atoms with Gasteiger partial charge in [0.2, 0.25) is 0 Å². The third-order valence-electron chi connectivity index (χ3n) is 2.80. The maximum Gasteiger partial charge on any atom is 0.289 e. The summed E-state index contributed by atoms with van der Waals surface area (Å²) in [5.41, 5.74) is 0.220. The number of carbonyl (C=O) groups excluding carboxylic acids is 1. The van der Waals surface area contributed by atoms with Crippen molar-refractivity contribution >= 4 is 50.4 Å². The summed E-state index contributed by atoms with van der Waals surface area (Å²) in [6.07, 6.45) is 0. The molecule has 3 nitrogen and oxygen atoms in total. The van der Waals surface area contributed by atoms with Crippen LogP contribution in [0.3, 0.4) is 0 Å². The molecular formula is C13H7ClF2N2OS2. The lowest BCUT2D eigenvalue weighted by atomic mass is 10.3. The lowest BCUT2D eigenvalue weighted by molar-refractivity contribution is 0.100. The van der Waals surface area contributed by atoms with Crippen LogP contribution in [0.25, 0.3) is 10.2 Å². The van der Waals surface area contributed by atoms with Crippen molar-refractivity contribution in [1.29, 1.82) is 0 Å². The Kier molecular flexibility index (Phi) is 3.64. The number of nitrogens with zero attached hydrogens (tertiary/aromatic N) is 2. The molecule has 0 spiro atoms.